The molecule has 0 saturated heterocycles. The molecular formula is C17H20N2O2S. The van der Waals surface area contributed by atoms with Crippen LogP contribution >= 0.6 is 11.8 Å². The van der Waals surface area contributed by atoms with E-state index in [4.69, 9.17) is 4.74 Å². The predicted octanol–water partition coefficient (Wildman–Crippen LogP) is 2.88. The van der Waals surface area contributed by atoms with Crippen molar-refractivity contribution in [1.82, 2.24) is 9.88 Å². The SMILES string of the molecule is COc1cccc(SCC(=O)N(C)CCc2ccncc2)c1. The van der Waals surface area contributed by atoms with Crippen molar-refractivity contribution in [3.8, 4) is 5.75 Å². The van der Waals surface area contributed by atoms with Crippen LogP contribution in [-0.4, -0.2) is 42.2 Å². The number of benzene rings is 1. The summed E-state index contributed by atoms with van der Waals surface area (Å²) in [5.41, 5.74) is 1.19. The van der Waals surface area contributed by atoms with Gasteiger partial charge in [-0.1, -0.05) is 6.07 Å². The van der Waals surface area contributed by atoms with Crippen LogP contribution in [0.25, 0.3) is 0 Å². The minimum absolute atomic E-state index is 0.127. The maximum Gasteiger partial charge on any atom is 0.232 e. The molecule has 2 rings (SSSR count). The third kappa shape index (κ3) is 5.07. The lowest BCUT2D eigenvalue weighted by Gasteiger charge is -2.17. The second-order valence-electron chi connectivity index (χ2n) is 4.89. The number of ether oxygens (including phenoxy) is 1. The van der Waals surface area contributed by atoms with Crippen LogP contribution in [0.1, 0.15) is 5.56 Å². The van der Waals surface area contributed by atoms with E-state index in [2.05, 4.69) is 4.98 Å². The van der Waals surface area contributed by atoms with Crippen molar-refractivity contribution in [2.24, 2.45) is 0 Å². The average Bonchev–Trinajstić information content (AvgIpc) is 2.58. The van der Waals surface area contributed by atoms with E-state index >= 15 is 0 Å². The molecule has 1 amide bonds. The Hall–Kier alpha value is -2.01. The highest BCUT2D eigenvalue weighted by atomic mass is 32.2. The summed E-state index contributed by atoms with van der Waals surface area (Å²) in [6.45, 7) is 0.710. The minimum Gasteiger partial charge on any atom is -0.497 e. The fraction of sp³-hybridized carbons (Fsp3) is 0.294. The Bertz CT molecular complexity index is 605. The van der Waals surface area contributed by atoms with Gasteiger partial charge in [0, 0.05) is 30.9 Å². The summed E-state index contributed by atoms with van der Waals surface area (Å²) < 4.78 is 5.18. The molecule has 0 aliphatic carbocycles. The lowest BCUT2D eigenvalue weighted by molar-refractivity contribution is -0.127. The van der Waals surface area contributed by atoms with E-state index in [1.807, 2.05) is 43.4 Å². The molecule has 4 nitrogen and oxygen atoms in total. The van der Waals surface area contributed by atoms with Crippen LogP contribution in [0.4, 0.5) is 0 Å². The number of hydrogen-bond donors (Lipinski definition) is 0. The summed E-state index contributed by atoms with van der Waals surface area (Å²) in [5, 5.41) is 0. The van der Waals surface area contributed by atoms with Gasteiger partial charge in [0.25, 0.3) is 0 Å². The van der Waals surface area contributed by atoms with Crippen LogP contribution in [0.15, 0.2) is 53.7 Å². The van der Waals surface area contributed by atoms with Crippen molar-refractivity contribution in [3.05, 3.63) is 54.4 Å². The molecule has 1 aromatic carbocycles. The van der Waals surface area contributed by atoms with Gasteiger partial charge in [0.2, 0.25) is 5.91 Å². The number of amides is 1. The summed E-state index contributed by atoms with van der Waals surface area (Å²) in [5.74, 6) is 1.37. The van der Waals surface area contributed by atoms with Gasteiger partial charge < -0.3 is 9.64 Å². The van der Waals surface area contributed by atoms with Crippen LogP contribution in [0, 0.1) is 0 Å². The molecule has 0 aliphatic rings. The van der Waals surface area contributed by atoms with E-state index < -0.39 is 0 Å². The number of hydrogen-bond acceptors (Lipinski definition) is 4. The number of pyridine rings is 1. The number of likely N-dealkylation sites (N-methyl/N-ethyl adjacent to an activating group) is 1. The van der Waals surface area contributed by atoms with Gasteiger partial charge in [0.15, 0.2) is 0 Å². The van der Waals surface area contributed by atoms with Gasteiger partial charge in [0.05, 0.1) is 12.9 Å². The van der Waals surface area contributed by atoms with Gasteiger partial charge in [-0.15, -0.1) is 11.8 Å². The molecule has 5 heteroatoms. The van der Waals surface area contributed by atoms with Crippen molar-refractivity contribution in [2.75, 3.05) is 26.5 Å². The smallest absolute Gasteiger partial charge is 0.232 e. The maximum absolute atomic E-state index is 12.2. The summed E-state index contributed by atoms with van der Waals surface area (Å²) in [7, 11) is 3.48. The van der Waals surface area contributed by atoms with Gasteiger partial charge in [-0.3, -0.25) is 9.78 Å². The van der Waals surface area contributed by atoms with Gasteiger partial charge in [-0.05, 0) is 42.3 Å². The highest BCUT2D eigenvalue weighted by molar-refractivity contribution is 8.00. The van der Waals surface area contributed by atoms with Crippen LogP contribution in [0.5, 0.6) is 5.75 Å². The molecule has 2 aromatic rings. The highest BCUT2D eigenvalue weighted by Crippen LogP contribution is 2.22. The number of carbonyl (C=O) groups excluding carboxylic acids is 1. The van der Waals surface area contributed by atoms with E-state index in [9.17, 15) is 4.79 Å². The molecule has 0 N–H and O–H groups in total. The van der Waals surface area contributed by atoms with E-state index in [0.29, 0.717) is 12.3 Å². The second kappa shape index (κ2) is 8.44. The Morgan fingerprint density at radius 2 is 2.05 bits per heavy atom. The van der Waals surface area contributed by atoms with Gasteiger partial charge in [0.1, 0.15) is 5.75 Å². The second-order valence-corrected chi connectivity index (χ2v) is 5.94. The molecule has 1 heterocycles. The molecule has 116 valence electrons. The molecule has 0 atom stereocenters. The quantitative estimate of drug-likeness (QED) is 0.737. The minimum atomic E-state index is 0.127. The molecule has 0 unspecified atom stereocenters. The first kappa shape index (κ1) is 16.4. The molecule has 0 radical (unpaired) electrons. The van der Waals surface area contributed by atoms with Crippen molar-refractivity contribution < 1.29 is 9.53 Å². The van der Waals surface area contributed by atoms with Crippen LogP contribution in [0.2, 0.25) is 0 Å². The molecule has 0 saturated carbocycles. The Morgan fingerprint density at radius 1 is 1.27 bits per heavy atom. The maximum atomic E-state index is 12.2. The van der Waals surface area contributed by atoms with Crippen molar-refractivity contribution >= 4 is 17.7 Å². The Labute approximate surface area is 135 Å². The van der Waals surface area contributed by atoms with Crippen molar-refractivity contribution in [1.29, 1.82) is 0 Å². The topological polar surface area (TPSA) is 42.4 Å². The first-order chi connectivity index (χ1) is 10.7. The molecular weight excluding hydrogens is 296 g/mol. The third-order valence-electron chi connectivity index (χ3n) is 3.31. The molecule has 0 spiro atoms. The van der Waals surface area contributed by atoms with E-state index in [1.54, 1.807) is 24.4 Å². The third-order valence-corrected chi connectivity index (χ3v) is 4.29. The zero-order valence-electron chi connectivity index (χ0n) is 12.9. The molecule has 0 bridgehead atoms. The Morgan fingerprint density at radius 3 is 2.77 bits per heavy atom. The van der Waals surface area contributed by atoms with Gasteiger partial charge in [-0.2, -0.15) is 0 Å². The molecule has 1 aromatic heterocycles. The summed E-state index contributed by atoms with van der Waals surface area (Å²) in [4.78, 5) is 19.0. The molecule has 0 aliphatic heterocycles. The first-order valence-corrected chi connectivity index (χ1v) is 8.07. The standard InChI is InChI=1S/C17H20N2O2S/c1-19(11-8-14-6-9-18-10-7-14)17(20)13-22-16-5-3-4-15(12-16)21-2/h3-7,9-10,12H,8,11,13H2,1-2H3. The predicted molar refractivity (Wildman–Crippen MR) is 89.3 cm³/mol. The lowest BCUT2D eigenvalue weighted by atomic mass is 10.2. The lowest BCUT2D eigenvalue weighted by Crippen LogP contribution is -2.30. The Balaban J connectivity index is 1.78. The fourth-order valence-corrected chi connectivity index (χ4v) is 2.80. The van der Waals surface area contributed by atoms with Crippen LogP contribution < -0.4 is 4.74 Å². The zero-order valence-corrected chi connectivity index (χ0v) is 13.7. The number of nitrogens with zero attached hydrogens (tertiary/aromatic N) is 2. The van der Waals surface area contributed by atoms with Crippen molar-refractivity contribution in [3.63, 3.8) is 0 Å². The van der Waals surface area contributed by atoms with Crippen LogP contribution in [-0.2, 0) is 11.2 Å². The molecule has 22 heavy (non-hydrogen) atoms. The van der Waals surface area contributed by atoms with E-state index in [1.165, 1.54) is 17.3 Å². The number of methoxy groups -OCH3 is 1. The first-order valence-electron chi connectivity index (χ1n) is 7.09. The number of aromatic nitrogens is 1. The zero-order chi connectivity index (χ0) is 15.8. The van der Waals surface area contributed by atoms with Crippen molar-refractivity contribution in [2.45, 2.75) is 11.3 Å². The molecule has 0 fully saturated rings. The van der Waals surface area contributed by atoms with Gasteiger partial charge in [-0.25, -0.2) is 0 Å². The monoisotopic (exact) mass is 316 g/mol. The number of rotatable bonds is 7. The fourth-order valence-electron chi connectivity index (χ4n) is 1.92. The summed E-state index contributed by atoms with van der Waals surface area (Å²) in [6, 6.07) is 11.7. The summed E-state index contributed by atoms with van der Waals surface area (Å²) in [6.07, 6.45) is 4.39. The number of thioether (sulfide) groups is 1. The summed E-state index contributed by atoms with van der Waals surface area (Å²) >= 11 is 1.53. The van der Waals surface area contributed by atoms with E-state index in [-0.39, 0.29) is 5.91 Å². The Kier molecular flexibility index (Phi) is 6.27. The van der Waals surface area contributed by atoms with Crippen LogP contribution in [0.3, 0.4) is 0 Å². The largest absolute Gasteiger partial charge is 0.497 e. The van der Waals surface area contributed by atoms with Gasteiger partial charge >= 0.3 is 0 Å². The average molecular weight is 316 g/mol. The highest BCUT2D eigenvalue weighted by Gasteiger charge is 2.09. The number of carbonyl (C=O) groups is 1. The normalized spacial score (nSPS) is 10.3. The van der Waals surface area contributed by atoms with E-state index in [0.717, 1.165) is 17.1 Å².